The van der Waals surface area contributed by atoms with Crippen LogP contribution in [0.2, 0.25) is 0 Å². The molecule has 2 aliphatic rings. The van der Waals surface area contributed by atoms with E-state index < -0.39 is 0 Å². The van der Waals surface area contributed by atoms with Crippen LogP contribution in [-0.4, -0.2) is 32.3 Å². The lowest BCUT2D eigenvalue weighted by Crippen LogP contribution is -2.25. The predicted molar refractivity (Wildman–Crippen MR) is 74.0 cm³/mol. The summed E-state index contributed by atoms with van der Waals surface area (Å²) in [5.41, 5.74) is 7.08. The van der Waals surface area contributed by atoms with Gasteiger partial charge in [-0.1, -0.05) is 0 Å². The first-order valence-electron chi connectivity index (χ1n) is 6.79. The molecule has 1 fully saturated rings. The van der Waals surface area contributed by atoms with Crippen LogP contribution in [0, 0.1) is 5.92 Å². The molecule has 1 amide bonds. The van der Waals surface area contributed by atoms with Crippen LogP contribution >= 0.6 is 0 Å². The number of amides is 1. The Morgan fingerprint density at radius 1 is 1.35 bits per heavy atom. The number of fused-ring (bicyclic) bond motifs is 1. The second-order valence-corrected chi connectivity index (χ2v) is 5.09. The Balaban J connectivity index is 1.69. The number of rotatable bonds is 3. The first-order chi connectivity index (χ1) is 9.72. The van der Waals surface area contributed by atoms with E-state index in [0.717, 1.165) is 26.1 Å². The van der Waals surface area contributed by atoms with Crippen molar-refractivity contribution in [1.82, 2.24) is 0 Å². The molecule has 2 aliphatic heterocycles. The third-order valence-electron chi connectivity index (χ3n) is 3.56. The van der Waals surface area contributed by atoms with Crippen molar-refractivity contribution in [2.75, 3.05) is 37.5 Å². The van der Waals surface area contributed by atoms with Gasteiger partial charge in [-0.15, -0.1) is 0 Å². The predicted octanol–water partition coefficient (Wildman–Crippen LogP) is 1.41. The van der Waals surface area contributed by atoms with E-state index in [9.17, 15) is 4.79 Å². The molecule has 108 valence electrons. The molecule has 20 heavy (non-hydrogen) atoms. The number of ether oxygens (including phenoxy) is 3. The second kappa shape index (κ2) is 5.58. The van der Waals surface area contributed by atoms with Gasteiger partial charge in [0.15, 0.2) is 6.61 Å². The van der Waals surface area contributed by atoms with Crippen molar-refractivity contribution in [3.05, 3.63) is 12.1 Å². The number of nitrogen functional groups attached to an aromatic ring is 1. The summed E-state index contributed by atoms with van der Waals surface area (Å²) in [6.45, 7) is 2.21. The van der Waals surface area contributed by atoms with Crippen molar-refractivity contribution in [2.45, 2.75) is 12.8 Å². The van der Waals surface area contributed by atoms with Gasteiger partial charge in [0, 0.05) is 25.3 Å². The fourth-order valence-corrected chi connectivity index (χ4v) is 2.37. The monoisotopic (exact) mass is 278 g/mol. The first kappa shape index (κ1) is 13.1. The number of carbonyl (C=O) groups excluding carboxylic acids is 1. The van der Waals surface area contributed by atoms with Crippen LogP contribution in [0.15, 0.2) is 12.1 Å². The Kier molecular flexibility index (Phi) is 3.64. The summed E-state index contributed by atoms with van der Waals surface area (Å²) in [6, 6.07) is 3.41. The molecule has 3 rings (SSSR count). The maximum atomic E-state index is 11.3. The first-order valence-corrected chi connectivity index (χ1v) is 6.79. The van der Waals surface area contributed by atoms with E-state index in [4.69, 9.17) is 19.9 Å². The van der Waals surface area contributed by atoms with Gasteiger partial charge in [-0.3, -0.25) is 4.79 Å². The summed E-state index contributed by atoms with van der Waals surface area (Å²) in [7, 11) is 0. The minimum atomic E-state index is -0.169. The Morgan fingerprint density at radius 3 is 2.95 bits per heavy atom. The van der Waals surface area contributed by atoms with Gasteiger partial charge < -0.3 is 25.3 Å². The number of anilines is 2. The third kappa shape index (κ3) is 2.80. The van der Waals surface area contributed by atoms with Crippen LogP contribution in [0.3, 0.4) is 0 Å². The summed E-state index contributed by atoms with van der Waals surface area (Å²) >= 11 is 0. The van der Waals surface area contributed by atoms with Gasteiger partial charge in [-0.25, -0.2) is 0 Å². The van der Waals surface area contributed by atoms with E-state index >= 15 is 0 Å². The van der Waals surface area contributed by atoms with Crippen molar-refractivity contribution >= 4 is 17.3 Å². The largest absolute Gasteiger partial charge is 0.491 e. The molecule has 0 aromatic heterocycles. The summed E-state index contributed by atoms with van der Waals surface area (Å²) in [6.07, 6.45) is 2.01. The third-order valence-corrected chi connectivity index (χ3v) is 3.56. The Bertz CT molecular complexity index is 512. The minimum absolute atomic E-state index is 0.0225. The Morgan fingerprint density at radius 2 is 2.15 bits per heavy atom. The van der Waals surface area contributed by atoms with Gasteiger partial charge in [0.05, 0.1) is 18.0 Å². The molecule has 6 nitrogen and oxygen atoms in total. The second-order valence-electron chi connectivity index (χ2n) is 5.09. The van der Waals surface area contributed by atoms with Crippen molar-refractivity contribution in [3.63, 3.8) is 0 Å². The lowest BCUT2D eigenvalue weighted by atomic mass is 10.0. The molecule has 6 heteroatoms. The van der Waals surface area contributed by atoms with Crippen LogP contribution in [0.4, 0.5) is 11.4 Å². The highest BCUT2D eigenvalue weighted by atomic mass is 16.5. The molecule has 0 saturated carbocycles. The number of hydrogen-bond acceptors (Lipinski definition) is 5. The van der Waals surface area contributed by atoms with Crippen molar-refractivity contribution < 1.29 is 19.0 Å². The van der Waals surface area contributed by atoms with Gasteiger partial charge in [0.25, 0.3) is 5.91 Å². The van der Waals surface area contributed by atoms with E-state index in [1.54, 1.807) is 12.1 Å². The molecular weight excluding hydrogens is 260 g/mol. The maximum Gasteiger partial charge on any atom is 0.262 e. The van der Waals surface area contributed by atoms with Gasteiger partial charge in [-0.05, 0) is 18.8 Å². The molecule has 0 unspecified atom stereocenters. The molecule has 2 heterocycles. The van der Waals surface area contributed by atoms with Crippen molar-refractivity contribution in [3.8, 4) is 11.5 Å². The average Bonchev–Trinajstić information content (AvgIpc) is 2.46. The zero-order valence-corrected chi connectivity index (χ0v) is 11.2. The molecular formula is C14H18N2O4. The molecule has 0 radical (unpaired) electrons. The number of benzene rings is 1. The highest BCUT2D eigenvalue weighted by molar-refractivity contribution is 5.96. The Hall–Kier alpha value is -1.95. The fraction of sp³-hybridized carbons (Fsp3) is 0.500. The lowest BCUT2D eigenvalue weighted by molar-refractivity contribution is -0.118. The molecule has 0 spiro atoms. The minimum Gasteiger partial charge on any atom is -0.491 e. The molecule has 1 aromatic rings. The van der Waals surface area contributed by atoms with Gasteiger partial charge in [0.1, 0.15) is 11.5 Å². The average molecular weight is 278 g/mol. The van der Waals surface area contributed by atoms with E-state index in [1.807, 2.05) is 0 Å². The molecule has 0 bridgehead atoms. The standard InChI is InChI=1S/C14H18N2O4/c15-10-5-13-11(16-14(17)8-20-13)6-12(10)19-7-9-1-3-18-4-2-9/h5-6,9H,1-4,7-8,15H2,(H,16,17). The zero-order valence-electron chi connectivity index (χ0n) is 11.2. The molecule has 1 saturated heterocycles. The van der Waals surface area contributed by atoms with E-state index in [-0.39, 0.29) is 12.5 Å². The van der Waals surface area contributed by atoms with Crippen molar-refractivity contribution in [1.29, 1.82) is 0 Å². The summed E-state index contributed by atoms with van der Waals surface area (Å²) in [4.78, 5) is 11.3. The highest BCUT2D eigenvalue weighted by Gasteiger charge is 2.20. The molecule has 3 N–H and O–H groups in total. The summed E-state index contributed by atoms with van der Waals surface area (Å²) < 4.78 is 16.4. The Labute approximate surface area is 117 Å². The fourth-order valence-electron chi connectivity index (χ4n) is 2.37. The van der Waals surface area contributed by atoms with Crippen LogP contribution in [0.25, 0.3) is 0 Å². The number of nitrogens with two attached hydrogens (primary N) is 1. The smallest absolute Gasteiger partial charge is 0.262 e. The number of hydrogen-bond donors (Lipinski definition) is 2. The topological polar surface area (TPSA) is 82.8 Å². The van der Waals surface area contributed by atoms with Gasteiger partial charge in [-0.2, -0.15) is 0 Å². The van der Waals surface area contributed by atoms with Crippen LogP contribution in [0.5, 0.6) is 11.5 Å². The number of nitrogens with one attached hydrogen (secondary N) is 1. The SMILES string of the molecule is Nc1cc2c(cc1OCC1CCOCC1)NC(=O)CO2. The van der Waals surface area contributed by atoms with E-state index in [0.29, 0.717) is 35.4 Å². The lowest BCUT2D eigenvalue weighted by Gasteiger charge is -2.24. The summed E-state index contributed by atoms with van der Waals surface area (Å²) in [5.74, 6) is 1.49. The van der Waals surface area contributed by atoms with Gasteiger partial charge >= 0.3 is 0 Å². The normalized spacial score (nSPS) is 18.9. The van der Waals surface area contributed by atoms with Crippen molar-refractivity contribution in [2.24, 2.45) is 5.92 Å². The molecule has 0 atom stereocenters. The molecule has 0 aliphatic carbocycles. The quantitative estimate of drug-likeness (QED) is 0.817. The zero-order chi connectivity index (χ0) is 13.9. The highest BCUT2D eigenvalue weighted by Crippen LogP contribution is 2.36. The van der Waals surface area contributed by atoms with E-state index in [2.05, 4.69) is 5.32 Å². The number of carbonyl (C=O) groups is 1. The van der Waals surface area contributed by atoms with Gasteiger partial charge in [0.2, 0.25) is 0 Å². The van der Waals surface area contributed by atoms with Crippen LogP contribution in [0.1, 0.15) is 12.8 Å². The van der Waals surface area contributed by atoms with Crippen LogP contribution in [-0.2, 0) is 9.53 Å². The van der Waals surface area contributed by atoms with E-state index in [1.165, 1.54) is 0 Å². The summed E-state index contributed by atoms with van der Waals surface area (Å²) in [5, 5.41) is 2.75. The molecule has 1 aromatic carbocycles. The maximum absolute atomic E-state index is 11.3. The van der Waals surface area contributed by atoms with Crippen LogP contribution < -0.4 is 20.5 Å².